The Kier molecular flexibility index (Phi) is 4.48. The van der Waals surface area contributed by atoms with E-state index in [-0.39, 0.29) is 18.4 Å². The third-order valence-electron chi connectivity index (χ3n) is 1.67. The van der Waals surface area contributed by atoms with Gasteiger partial charge in [-0.15, -0.1) is 10.2 Å². The minimum Gasteiger partial charge on any atom is -0.380 e. The molecule has 0 spiro atoms. The molecular weight excluding hydrogens is 202 g/mol. The molecule has 1 unspecified atom stereocenters. The summed E-state index contributed by atoms with van der Waals surface area (Å²) in [5, 5.41) is 10.7. The molecule has 0 aliphatic heterocycles. The van der Waals surface area contributed by atoms with Gasteiger partial charge in [-0.3, -0.25) is 4.79 Å². The molecule has 0 aliphatic rings. The fourth-order valence-electron chi connectivity index (χ4n) is 0.782. The summed E-state index contributed by atoms with van der Waals surface area (Å²) < 4.78 is 4.99. The van der Waals surface area contributed by atoms with Gasteiger partial charge in [0.2, 0.25) is 5.91 Å². The zero-order chi connectivity index (χ0) is 10.4. The van der Waals surface area contributed by atoms with Crippen LogP contribution in [0.15, 0.2) is 0 Å². The van der Waals surface area contributed by atoms with Crippen molar-refractivity contribution < 1.29 is 9.53 Å². The lowest BCUT2D eigenvalue weighted by Gasteiger charge is -2.09. The number of rotatable bonds is 5. The molecule has 0 fully saturated rings. The Morgan fingerprint density at radius 1 is 1.79 bits per heavy atom. The molecule has 14 heavy (non-hydrogen) atoms. The van der Waals surface area contributed by atoms with E-state index in [1.807, 2.05) is 6.92 Å². The van der Waals surface area contributed by atoms with Crippen molar-refractivity contribution in [2.45, 2.75) is 19.4 Å². The number of nitrogens with zero attached hydrogens (tertiary/aromatic N) is 2. The van der Waals surface area contributed by atoms with Crippen molar-refractivity contribution in [3.63, 3.8) is 0 Å². The average Bonchev–Trinajstić information content (AvgIpc) is 2.66. The maximum atomic E-state index is 11.3. The molecule has 6 heteroatoms. The van der Waals surface area contributed by atoms with Gasteiger partial charge < -0.3 is 10.1 Å². The van der Waals surface area contributed by atoms with Gasteiger partial charge in [0.15, 0.2) is 5.51 Å². The van der Waals surface area contributed by atoms with E-state index in [1.54, 1.807) is 7.11 Å². The van der Waals surface area contributed by atoms with E-state index in [1.165, 1.54) is 11.3 Å². The largest absolute Gasteiger partial charge is 0.380 e. The van der Waals surface area contributed by atoms with Crippen molar-refractivity contribution in [1.29, 1.82) is 0 Å². The number of hydrogen-bond acceptors (Lipinski definition) is 5. The molecule has 5 nitrogen and oxygen atoms in total. The van der Waals surface area contributed by atoms with Crippen molar-refractivity contribution in [3.05, 3.63) is 10.5 Å². The van der Waals surface area contributed by atoms with Gasteiger partial charge >= 0.3 is 0 Å². The van der Waals surface area contributed by atoms with E-state index < -0.39 is 0 Å². The average molecular weight is 214 g/mol. The van der Waals surface area contributed by atoms with Gasteiger partial charge in [0.1, 0.15) is 5.01 Å². The highest BCUT2D eigenvalue weighted by Crippen LogP contribution is 2.00. The predicted octanol–water partition coefficient (Wildman–Crippen LogP) is 0.0319. The molecule has 1 radical (unpaired) electrons. The molecule has 1 atom stereocenters. The number of hydrogen-bond donors (Lipinski definition) is 1. The monoisotopic (exact) mass is 214 g/mol. The van der Waals surface area contributed by atoms with E-state index in [4.69, 9.17) is 4.74 Å². The molecule has 0 aromatic carbocycles. The standard InChI is InChI=1S/C8H12N3O2S/c1-6(13-2)4-9-7(12)3-8-11-10-5-14-8/h6H,3-4H2,1-2H3,(H,9,12). The Hall–Kier alpha value is -1.01. The SMILES string of the molecule is COC(C)CNC(=O)Cc1nn[c]s1. The fourth-order valence-corrected chi connectivity index (χ4v) is 1.25. The summed E-state index contributed by atoms with van der Waals surface area (Å²) in [6, 6.07) is 0. The Labute approximate surface area is 86.5 Å². The minimum absolute atomic E-state index is 0.0277. The molecule has 0 bridgehead atoms. The number of carbonyl (C=O) groups is 1. The van der Waals surface area contributed by atoms with Crippen LogP contribution >= 0.6 is 11.3 Å². The van der Waals surface area contributed by atoms with Gasteiger partial charge in [0.05, 0.1) is 12.5 Å². The van der Waals surface area contributed by atoms with E-state index in [0.29, 0.717) is 11.6 Å². The zero-order valence-corrected chi connectivity index (χ0v) is 8.93. The summed E-state index contributed by atoms with van der Waals surface area (Å²) in [4.78, 5) is 11.3. The van der Waals surface area contributed by atoms with Crippen molar-refractivity contribution in [2.24, 2.45) is 0 Å². The Bertz CT molecular complexity index is 276. The van der Waals surface area contributed by atoms with Crippen molar-refractivity contribution in [2.75, 3.05) is 13.7 Å². The molecule has 0 aliphatic carbocycles. The number of ether oxygens (including phenoxy) is 1. The van der Waals surface area contributed by atoms with Crippen molar-refractivity contribution in [1.82, 2.24) is 15.5 Å². The molecule has 1 amide bonds. The van der Waals surface area contributed by atoms with Crippen LogP contribution < -0.4 is 5.32 Å². The zero-order valence-electron chi connectivity index (χ0n) is 8.11. The number of amides is 1. The molecular formula is C8H12N3O2S. The smallest absolute Gasteiger partial charge is 0.227 e. The third kappa shape index (κ3) is 3.80. The lowest BCUT2D eigenvalue weighted by Crippen LogP contribution is -2.32. The van der Waals surface area contributed by atoms with Gasteiger partial charge in [-0.2, -0.15) is 0 Å². The second-order valence-electron chi connectivity index (χ2n) is 2.81. The van der Waals surface area contributed by atoms with Crippen LogP contribution in [0.4, 0.5) is 0 Å². The molecule has 1 aromatic heterocycles. The lowest BCUT2D eigenvalue weighted by atomic mass is 10.3. The Balaban J connectivity index is 2.23. The van der Waals surface area contributed by atoms with Crippen molar-refractivity contribution >= 4 is 17.2 Å². The Morgan fingerprint density at radius 3 is 3.14 bits per heavy atom. The van der Waals surface area contributed by atoms with Gasteiger partial charge in [0, 0.05) is 13.7 Å². The molecule has 1 heterocycles. The summed E-state index contributed by atoms with van der Waals surface area (Å²) in [6.45, 7) is 2.40. The van der Waals surface area contributed by atoms with Gasteiger partial charge in [0.25, 0.3) is 0 Å². The number of nitrogens with one attached hydrogen (secondary N) is 1. The number of aromatic nitrogens is 2. The first-order valence-corrected chi connectivity index (χ1v) is 5.02. The predicted molar refractivity (Wildman–Crippen MR) is 51.9 cm³/mol. The highest BCUT2D eigenvalue weighted by atomic mass is 32.1. The summed E-state index contributed by atoms with van der Waals surface area (Å²) in [6.07, 6.45) is 0.289. The Morgan fingerprint density at radius 2 is 2.57 bits per heavy atom. The molecule has 0 saturated carbocycles. The lowest BCUT2D eigenvalue weighted by molar-refractivity contribution is -0.120. The normalized spacial score (nSPS) is 12.4. The number of methoxy groups -OCH3 is 1. The second kappa shape index (κ2) is 5.66. The van der Waals surface area contributed by atoms with Crippen LogP contribution in [0.1, 0.15) is 11.9 Å². The van der Waals surface area contributed by atoms with E-state index in [9.17, 15) is 4.79 Å². The van der Waals surface area contributed by atoms with Crippen LogP contribution in [0.2, 0.25) is 0 Å². The summed E-state index contributed by atoms with van der Waals surface area (Å²) in [5.74, 6) is -0.0703. The third-order valence-corrected chi connectivity index (χ3v) is 2.30. The quantitative estimate of drug-likeness (QED) is 0.751. The van der Waals surface area contributed by atoms with Crippen LogP contribution in [0.3, 0.4) is 0 Å². The van der Waals surface area contributed by atoms with Gasteiger partial charge in [-0.05, 0) is 6.92 Å². The van der Waals surface area contributed by atoms with E-state index >= 15 is 0 Å². The van der Waals surface area contributed by atoms with Crippen LogP contribution in [0.25, 0.3) is 0 Å². The maximum Gasteiger partial charge on any atom is 0.227 e. The summed E-state index contributed by atoms with van der Waals surface area (Å²) >= 11 is 1.25. The minimum atomic E-state index is -0.0703. The molecule has 1 aromatic rings. The van der Waals surface area contributed by atoms with Gasteiger partial charge in [-0.1, -0.05) is 11.3 Å². The maximum absolute atomic E-state index is 11.3. The molecule has 1 rings (SSSR count). The summed E-state index contributed by atoms with van der Waals surface area (Å²) in [7, 11) is 1.61. The summed E-state index contributed by atoms with van der Waals surface area (Å²) in [5.41, 5.74) is 2.59. The second-order valence-corrected chi connectivity index (χ2v) is 3.67. The van der Waals surface area contributed by atoms with Crippen LogP contribution in [0.5, 0.6) is 0 Å². The fraction of sp³-hybridized carbons (Fsp3) is 0.625. The first-order chi connectivity index (χ1) is 6.72. The highest BCUT2D eigenvalue weighted by molar-refractivity contribution is 7.08. The van der Waals surface area contributed by atoms with Crippen LogP contribution in [-0.2, 0) is 16.0 Å². The molecule has 1 N–H and O–H groups in total. The first-order valence-electron chi connectivity index (χ1n) is 4.20. The molecule has 77 valence electrons. The topological polar surface area (TPSA) is 64.1 Å². The van der Waals surface area contributed by atoms with Crippen LogP contribution in [-0.4, -0.2) is 35.9 Å². The highest BCUT2D eigenvalue weighted by Gasteiger charge is 2.07. The van der Waals surface area contributed by atoms with E-state index in [2.05, 4.69) is 21.0 Å². The number of carbonyl (C=O) groups excluding carboxylic acids is 1. The van der Waals surface area contributed by atoms with Gasteiger partial charge in [-0.25, -0.2) is 0 Å². The van der Waals surface area contributed by atoms with E-state index in [0.717, 1.165) is 0 Å². The van der Waals surface area contributed by atoms with Crippen LogP contribution in [0, 0.1) is 5.51 Å². The molecule has 0 saturated heterocycles. The first kappa shape index (κ1) is 11.1. The van der Waals surface area contributed by atoms with Crippen molar-refractivity contribution in [3.8, 4) is 0 Å².